The van der Waals surface area contributed by atoms with Crippen LogP contribution in [0.15, 0.2) is 48.5 Å². The number of fused-ring (bicyclic) bond motifs is 1. The number of thiazole rings is 1. The van der Waals surface area contributed by atoms with Crippen molar-refractivity contribution in [1.29, 1.82) is 0 Å². The SMILES string of the molecule is CC(=O)NC(CC(=O)OC(C)C(=O)N(C)Cc1nc2ccccc2s1)c1ccc(C)cc1. The van der Waals surface area contributed by atoms with Crippen LogP contribution in [0.2, 0.25) is 0 Å². The molecule has 0 bridgehead atoms. The average molecular weight is 454 g/mol. The molecule has 3 rings (SSSR count). The van der Waals surface area contributed by atoms with Gasteiger partial charge in [0.05, 0.1) is 29.2 Å². The number of ether oxygens (including phenoxy) is 1. The summed E-state index contributed by atoms with van der Waals surface area (Å²) in [5.74, 6) is -1.12. The second kappa shape index (κ2) is 10.4. The number of para-hydroxylation sites is 1. The average Bonchev–Trinajstić information content (AvgIpc) is 3.15. The zero-order valence-corrected chi connectivity index (χ0v) is 19.4. The third-order valence-electron chi connectivity index (χ3n) is 4.97. The highest BCUT2D eigenvalue weighted by atomic mass is 32.1. The number of hydrogen-bond acceptors (Lipinski definition) is 6. The van der Waals surface area contributed by atoms with Crippen molar-refractivity contribution in [3.63, 3.8) is 0 Å². The van der Waals surface area contributed by atoms with Crippen molar-refractivity contribution in [1.82, 2.24) is 15.2 Å². The Kier molecular flexibility index (Phi) is 7.58. The molecule has 0 aliphatic heterocycles. The van der Waals surface area contributed by atoms with Gasteiger partial charge in [-0.25, -0.2) is 4.98 Å². The molecular formula is C24H27N3O4S. The van der Waals surface area contributed by atoms with Crippen LogP contribution in [-0.2, 0) is 25.7 Å². The van der Waals surface area contributed by atoms with Gasteiger partial charge in [-0.3, -0.25) is 14.4 Å². The molecule has 1 heterocycles. The van der Waals surface area contributed by atoms with Crippen molar-refractivity contribution in [2.24, 2.45) is 0 Å². The van der Waals surface area contributed by atoms with E-state index < -0.39 is 18.1 Å². The van der Waals surface area contributed by atoms with E-state index in [-0.39, 0.29) is 18.2 Å². The van der Waals surface area contributed by atoms with Crippen molar-refractivity contribution in [2.45, 2.75) is 45.9 Å². The molecule has 8 heteroatoms. The van der Waals surface area contributed by atoms with Gasteiger partial charge in [-0.15, -0.1) is 11.3 Å². The lowest BCUT2D eigenvalue weighted by Gasteiger charge is -2.22. The number of hydrogen-bond donors (Lipinski definition) is 1. The molecule has 0 spiro atoms. The first-order valence-electron chi connectivity index (χ1n) is 10.4. The molecule has 7 nitrogen and oxygen atoms in total. The van der Waals surface area contributed by atoms with Gasteiger partial charge in [-0.2, -0.15) is 0 Å². The smallest absolute Gasteiger partial charge is 0.309 e. The van der Waals surface area contributed by atoms with Crippen molar-refractivity contribution in [3.05, 3.63) is 64.7 Å². The Bertz CT molecular complexity index is 1080. The standard InChI is InChI=1S/C24H27N3O4S/c1-15-9-11-18(12-10-15)20(25-17(3)28)13-23(29)31-16(2)24(30)27(4)14-22-26-19-7-5-6-8-21(19)32-22/h5-12,16,20H,13-14H2,1-4H3,(H,25,28). The van der Waals surface area contributed by atoms with Crippen molar-refractivity contribution in [2.75, 3.05) is 7.05 Å². The number of aryl methyl sites for hydroxylation is 1. The minimum atomic E-state index is -0.946. The molecule has 0 fully saturated rings. The molecule has 0 aliphatic rings. The van der Waals surface area contributed by atoms with Gasteiger partial charge >= 0.3 is 5.97 Å². The molecule has 0 saturated carbocycles. The zero-order chi connectivity index (χ0) is 23.3. The molecule has 0 aliphatic carbocycles. The summed E-state index contributed by atoms with van der Waals surface area (Å²) in [7, 11) is 1.66. The van der Waals surface area contributed by atoms with E-state index in [9.17, 15) is 14.4 Å². The number of likely N-dealkylation sites (N-methyl/N-ethyl adjacent to an activating group) is 1. The Morgan fingerprint density at radius 2 is 1.81 bits per heavy atom. The summed E-state index contributed by atoms with van der Waals surface area (Å²) in [6, 6.07) is 14.8. The number of carbonyl (C=O) groups excluding carboxylic acids is 3. The maximum atomic E-state index is 12.7. The highest BCUT2D eigenvalue weighted by molar-refractivity contribution is 7.18. The topological polar surface area (TPSA) is 88.6 Å². The van der Waals surface area contributed by atoms with Gasteiger partial charge in [0.15, 0.2) is 6.10 Å². The highest BCUT2D eigenvalue weighted by Crippen LogP contribution is 2.23. The Morgan fingerprint density at radius 1 is 1.12 bits per heavy atom. The number of amides is 2. The van der Waals surface area contributed by atoms with Crippen molar-refractivity contribution < 1.29 is 19.1 Å². The summed E-state index contributed by atoms with van der Waals surface area (Å²) >= 11 is 1.53. The minimum Gasteiger partial charge on any atom is -0.452 e. The molecule has 1 N–H and O–H groups in total. The molecule has 2 amide bonds. The Balaban J connectivity index is 1.59. The number of aromatic nitrogens is 1. The fourth-order valence-electron chi connectivity index (χ4n) is 3.34. The van der Waals surface area contributed by atoms with E-state index >= 15 is 0 Å². The number of rotatable bonds is 8. The van der Waals surface area contributed by atoms with Gasteiger partial charge in [-0.1, -0.05) is 42.0 Å². The summed E-state index contributed by atoms with van der Waals surface area (Å²) in [6.45, 7) is 5.24. The monoisotopic (exact) mass is 453 g/mol. The summed E-state index contributed by atoms with van der Waals surface area (Å²) in [5.41, 5.74) is 2.77. The predicted molar refractivity (Wildman–Crippen MR) is 124 cm³/mol. The van der Waals surface area contributed by atoms with E-state index in [1.807, 2.05) is 55.5 Å². The lowest BCUT2D eigenvalue weighted by atomic mass is 10.0. The first-order valence-corrected chi connectivity index (χ1v) is 11.2. The number of benzene rings is 2. The van der Waals surface area contributed by atoms with E-state index in [0.717, 1.165) is 26.4 Å². The Labute approximate surface area is 191 Å². The van der Waals surface area contributed by atoms with Crippen LogP contribution >= 0.6 is 11.3 Å². The van der Waals surface area contributed by atoms with Gasteiger partial charge in [0.2, 0.25) is 5.91 Å². The predicted octanol–water partition coefficient (Wildman–Crippen LogP) is 3.76. The molecule has 2 unspecified atom stereocenters. The third kappa shape index (κ3) is 6.13. The number of nitrogens with zero attached hydrogens (tertiary/aromatic N) is 2. The van der Waals surface area contributed by atoms with E-state index in [4.69, 9.17) is 4.74 Å². The van der Waals surface area contributed by atoms with Crippen LogP contribution in [-0.4, -0.2) is 40.8 Å². The fourth-order valence-corrected chi connectivity index (χ4v) is 4.36. The first kappa shape index (κ1) is 23.4. The lowest BCUT2D eigenvalue weighted by Crippen LogP contribution is -2.37. The van der Waals surface area contributed by atoms with E-state index in [2.05, 4.69) is 10.3 Å². The van der Waals surface area contributed by atoms with Gasteiger partial charge < -0.3 is 15.0 Å². The summed E-state index contributed by atoms with van der Waals surface area (Å²) in [5, 5.41) is 3.59. The quantitative estimate of drug-likeness (QED) is 0.525. The largest absolute Gasteiger partial charge is 0.452 e. The van der Waals surface area contributed by atoms with Crippen LogP contribution in [0.5, 0.6) is 0 Å². The molecule has 2 aromatic carbocycles. The Hall–Kier alpha value is -3.26. The van der Waals surface area contributed by atoms with E-state index in [0.29, 0.717) is 6.54 Å². The minimum absolute atomic E-state index is 0.0676. The van der Waals surface area contributed by atoms with E-state index in [1.165, 1.54) is 23.2 Å². The van der Waals surface area contributed by atoms with E-state index in [1.54, 1.807) is 14.0 Å². The van der Waals surface area contributed by atoms with Gasteiger partial charge in [0, 0.05) is 14.0 Å². The Morgan fingerprint density at radius 3 is 2.47 bits per heavy atom. The van der Waals surface area contributed by atoms with Crippen LogP contribution < -0.4 is 5.32 Å². The second-order valence-electron chi connectivity index (χ2n) is 7.77. The van der Waals surface area contributed by atoms with Crippen LogP contribution in [0, 0.1) is 6.92 Å². The molecular weight excluding hydrogens is 426 g/mol. The van der Waals surface area contributed by atoms with Crippen molar-refractivity contribution >= 4 is 39.3 Å². The molecule has 3 aromatic rings. The summed E-state index contributed by atoms with van der Waals surface area (Å²) in [4.78, 5) is 42.9. The third-order valence-corrected chi connectivity index (χ3v) is 5.99. The van der Waals surface area contributed by atoms with Crippen molar-refractivity contribution in [3.8, 4) is 0 Å². The molecule has 168 valence electrons. The van der Waals surface area contributed by atoms with Crippen LogP contribution in [0.1, 0.15) is 42.4 Å². The molecule has 0 radical (unpaired) electrons. The zero-order valence-electron chi connectivity index (χ0n) is 18.6. The van der Waals surface area contributed by atoms with Gasteiger partial charge in [-0.05, 0) is 31.5 Å². The number of carbonyl (C=O) groups is 3. The van der Waals surface area contributed by atoms with Crippen LogP contribution in [0.25, 0.3) is 10.2 Å². The second-order valence-corrected chi connectivity index (χ2v) is 8.88. The fraction of sp³-hybridized carbons (Fsp3) is 0.333. The number of esters is 1. The van der Waals surface area contributed by atoms with Crippen LogP contribution in [0.3, 0.4) is 0 Å². The van der Waals surface area contributed by atoms with Gasteiger partial charge in [0.25, 0.3) is 5.91 Å². The normalized spacial score (nSPS) is 12.8. The van der Waals surface area contributed by atoms with Gasteiger partial charge in [0.1, 0.15) is 5.01 Å². The molecule has 2 atom stereocenters. The lowest BCUT2D eigenvalue weighted by molar-refractivity contribution is -0.159. The maximum absolute atomic E-state index is 12.7. The summed E-state index contributed by atoms with van der Waals surface area (Å²) < 4.78 is 6.45. The summed E-state index contributed by atoms with van der Waals surface area (Å²) in [6.07, 6.45) is -1.01. The highest BCUT2D eigenvalue weighted by Gasteiger charge is 2.25. The maximum Gasteiger partial charge on any atom is 0.309 e. The van der Waals surface area contributed by atoms with Crippen LogP contribution in [0.4, 0.5) is 0 Å². The molecule has 32 heavy (non-hydrogen) atoms. The number of nitrogens with one attached hydrogen (secondary N) is 1. The molecule has 0 saturated heterocycles. The molecule has 1 aromatic heterocycles. The first-order chi connectivity index (χ1) is 15.2.